The Morgan fingerprint density at radius 1 is 1.42 bits per heavy atom. The van der Waals surface area contributed by atoms with Gasteiger partial charge >= 0.3 is 6.09 Å². The van der Waals surface area contributed by atoms with Crippen LogP contribution in [-0.4, -0.2) is 51.5 Å². The van der Waals surface area contributed by atoms with Crippen molar-refractivity contribution < 1.29 is 14.3 Å². The smallest absolute Gasteiger partial charge is 0.410 e. The molecule has 1 aromatic heterocycles. The summed E-state index contributed by atoms with van der Waals surface area (Å²) in [6.45, 7) is 9.36. The highest BCUT2D eigenvalue weighted by atomic mass is 16.6. The van der Waals surface area contributed by atoms with Crippen molar-refractivity contribution in [1.82, 2.24) is 14.8 Å². The molecule has 142 valence electrons. The number of piperidine rings is 1. The van der Waals surface area contributed by atoms with Crippen LogP contribution in [0.5, 0.6) is 0 Å². The molecular formula is C20H29N3O3. The van der Waals surface area contributed by atoms with Crippen LogP contribution in [0, 0.1) is 5.41 Å². The van der Waals surface area contributed by atoms with E-state index < -0.39 is 11.0 Å². The Kier molecular flexibility index (Phi) is 4.95. The minimum absolute atomic E-state index is 0.154. The van der Waals surface area contributed by atoms with E-state index in [1.165, 1.54) is 0 Å². The molecule has 0 bridgehead atoms. The monoisotopic (exact) mass is 359 g/mol. The lowest BCUT2D eigenvalue weighted by molar-refractivity contribution is -0.139. The van der Waals surface area contributed by atoms with Crippen LogP contribution < -0.4 is 0 Å². The van der Waals surface area contributed by atoms with E-state index in [-0.39, 0.29) is 18.0 Å². The first kappa shape index (κ1) is 18.7. The Balaban J connectivity index is 1.73. The Hall–Kier alpha value is -2.11. The maximum Gasteiger partial charge on any atom is 0.410 e. The van der Waals surface area contributed by atoms with Gasteiger partial charge in [-0.05, 0) is 58.6 Å². The lowest BCUT2D eigenvalue weighted by atomic mass is 9.77. The molecule has 2 unspecified atom stereocenters. The molecule has 0 saturated carbocycles. The molecule has 6 heteroatoms. The highest BCUT2D eigenvalue weighted by Crippen LogP contribution is 2.43. The third-order valence-corrected chi connectivity index (χ3v) is 5.24. The van der Waals surface area contributed by atoms with Crippen LogP contribution in [-0.2, 0) is 16.1 Å². The maximum atomic E-state index is 13.3. The van der Waals surface area contributed by atoms with Gasteiger partial charge in [-0.15, -0.1) is 0 Å². The number of rotatable bonds is 2. The molecule has 3 heterocycles. The van der Waals surface area contributed by atoms with Crippen LogP contribution in [0.1, 0.15) is 52.5 Å². The van der Waals surface area contributed by atoms with Crippen LogP contribution in [0.4, 0.5) is 4.79 Å². The van der Waals surface area contributed by atoms with Gasteiger partial charge in [-0.3, -0.25) is 9.78 Å². The summed E-state index contributed by atoms with van der Waals surface area (Å²) in [5.74, 6) is 0.155. The zero-order chi connectivity index (χ0) is 18.9. The molecular weight excluding hydrogens is 330 g/mol. The van der Waals surface area contributed by atoms with Gasteiger partial charge in [0, 0.05) is 38.1 Å². The van der Waals surface area contributed by atoms with Crippen LogP contribution in [0.15, 0.2) is 24.5 Å². The fraction of sp³-hybridized carbons (Fsp3) is 0.650. The van der Waals surface area contributed by atoms with Crippen molar-refractivity contribution in [3.05, 3.63) is 30.1 Å². The van der Waals surface area contributed by atoms with Crippen molar-refractivity contribution in [3.63, 3.8) is 0 Å². The Morgan fingerprint density at radius 3 is 2.85 bits per heavy atom. The fourth-order valence-electron chi connectivity index (χ4n) is 4.14. The second-order valence-electron chi connectivity index (χ2n) is 8.63. The first-order chi connectivity index (χ1) is 12.2. The predicted octanol–water partition coefficient (Wildman–Crippen LogP) is 3.22. The third kappa shape index (κ3) is 3.84. The van der Waals surface area contributed by atoms with Gasteiger partial charge in [-0.25, -0.2) is 4.79 Å². The SMILES string of the molecule is CC1CC2(CCCN(C(=O)OC(C)(C)C)C2)C(=O)N1Cc1cccnc1. The van der Waals surface area contributed by atoms with E-state index in [9.17, 15) is 9.59 Å². The second kappa shape index (κ2) is 6.89. The minimum atomic E-state index is -0.527. The molecule has 2 amide bonds. The van der Waals surface area contributed by atoms with Gasteiger partial charge in [0.2, 0.25) is 5.91 Å². The normalized spacial score (nSPS) is 26.5. The van der Waals surface area contributed by atoms with E-state index in [0.29, 0.717) is 19.6 Å². The van der Waals surface area contributed by atoms with Crippen LogP contribution in [0.25, 0.3) is 0 Å². The van der Waals surface area contributed by atoms with Gasteiger partial charge in [-0.1, -0.05) is 6.07 Å². The number of nitrogens with zero attached hydrogens (tertiary/aromatic N) is 3. The molecule has 2 saturated heterocycles. The molecule has 1 aromatic rings. The summed E-state index contributed by atoms with van der Waals surface area (Å²) in [5.41, 5.74) is 0.0298. The average molecular weight is 359 g/mol. The number of aromatic nitrogens is 1. The lowest BCUT2D eigenvalue weighted by Crippen LogP contribution is -2.50. The zero-order valence-corrected chi connectivity index (χ0v) is 16.2. The van der Waals surface area contributed by atoms with Crippen LogP contribution in [0.2, 0.25) is 0 Å². The number of likely N-dealkylation sites (tertiary alicyclic amines) is 2. The van der Waals surface area contributed by atoms with Gasteiger partial charge in [0.1, 0.15) is 5.60 Å². The van der Waals surface area contributed by atoms with Crippen molar-refractivity contribution in [2.24, 2.45) is 5.41 Å². The fourth-order valence-corrected chi connectivity index (χ4v) is 4.14. The number of carbonyl (C=O) groups excluding carboxylic acids is 2. The quantitative estimate of drug-likeness (QED) is 0.813. The van der Waals surface area contributed by atoms with Gasteiger partial charge in [0.25, 0.3) is 0 Å². The van der Waals surface area contributed by atoms with Crippen molar-refractivity contribution in [2.75, 3.05) is 13.1 Å². The molecule has 0 N–H and O–H groups in total. The Morgan fingerprint density at radius 2 is 2.19 bits per heavy atom. The summed E-state index contributed by atoms with van der Waals surface area (Å²) in [6.07, 6.45) is 5.67. The topological polar surface area (TPSA) is 62.7 Å². The van der Waals surface area contributed by atoms with Gasteiger partial charge in [-0.2, -0.15) is 0 Å². The minimum Gasteiger partial charge on any atom is -0.444 e. The van der Waals surface area contributed by atoms with Crippen molar-refractivity contribution in [1.29, 1.82) is 0 Å². The highest BCUT2D eigenvalue weighted by Gasteiger charge is 2.52. The summed E-state index contributed by atoms with van der Waals surface area (Å²) < 4.78 is 5.52. The molecule has 2 fully saturated rings. The lowest BCUT2D eigenvalue weighted by Gasteiger charge is -2.39. The molecule has 2 aliphatic rings. The van der Waals surface area contributed by atoms with E-state index in [1.807, 2.05) is 37.8 Å². The first-order valence-electron chi connectivity index (χ1n) is 9.38. The van der Waals surface area contributed by atoms with Crippen molar-refractivity contribution in [2.45, 2.75) is 65.1 Å². The van der Waals surface area contributed by atoms with Gasteiger partial charge in [0.05, 0.1) is 5.41 Å². The second-order valence-corrected chi connectivity index (χ2v) is 8.63. The molecule has 2 aliphatic heterocycles. The third-order valence-electron chi connectivity index (χ3n) is 5.24. The molecule has 6 nitrogen and oxygen atoms in total. The summed E-state index contributed by atoms with van der Waals surface area (Å²) in [7, 11) is 0. The number of pyridine rings is 1. The zero-order valence-electron chi connectivity index (χ0n) is 16.2. The van der Waals surface area contributed by atoms with E-state index in [1.54, 1.807) is 17.3 Å². The summed E-state index contributed by atoms with van der Waals surface area (Å²) in [6, 6.07) is 4.04. The Labute approximate surface area is 155 Å². The van der Waals surface area contributed by atoms with E-state index in [2.05, 4.69) is 11.9 Å². The van der Waals surface area contributed by atoms with Gasteiger partial charge in [0.15, 0.2) is 0 Å². The summed E-state index contributed by atoms with van der Waals surface area (Å²) >= 11 is 0. The van der Waals surface area contributed by atoms with E-state index in [0.717, 1.165) is 24.8 Å². The number of hydrogen-bond donors (Lipinski definition) is 0. The maximum absolute atomic E-state index is 13.3. The average Bonchev–Trinajstić information content (AvgIpc) is 2.78. The molecule has 0 aromatic carbocycles. The van der Waals surface area contributed by atoms with Crippen molar-refractivity contribution >= 4 is 12.0 Å². The molecule has 0 radical (unpaired) electrons. The predicted molar refractivity (Wildman–Crippen MR) is 98.3 cm³/mol. The van der Waals surface area contributed by atoms with Crippen LogP contribution >= 0.6 is 0 Å². The Bertz CT molecular complexity index is 671. The summed E-state index contributed by atoms with van der Waals surface area (Å²) in [5, 5.41) is 0. The number of carbonyl (C=O) groups is 2. The standard InChI is InChI=1S/C20H29N3O3/c1-15-11-20(17(24)23(15)13-16-7-5-9-21-12-16)8-6-10-22(14-20)18(25)26-19(2,3)4/h5,7,9,12,15H,6,8,10-11,13-14H2,1-4H3. The van der Waals surface area contributed by atoms with E-state index in [4.69, 9.17) is 4.74 Å². The highest BCUT2D eigenvalue weighted by molar-refractivity contribution is 5.86. The molecule has 3 rings (SSSR count). The molecule has 26 heavy (non-hydrogen) atoms. The van der Waals surface area contributed by atoms with Gasteiger partial charge < -0.3 is 14.5 Å². The number of amides is 2. The largest absolute Gasteiger partial charge is 0.444 e. The van der Waals surface area contributed by atoms with Crippen LogP contribution in [0.3, 0.4) is 0 Å². The first-order valence-corrected chi connectivity index (χ1v) is 9.38. The molecule has 2 atom stereocenters. The van der Waals surface area contributed by atoms with Crippen molar-refractivity contribution in [3.8, 4) is 0 Å². The molecule has 0 aliphatic carbocycles. The number of hydrogen-bond acceptors (Lipinski definition) is 4. The van der Waals surface area contributed by atoms with E-state index >= 15 is 0 Å². The summed E-state index contributed by atoms with van der Waals surface area (Å²) in [4.78, 5) is 33.6. The number of ether oxygens (including phenoxy) is 1. The molecule has 1 spiro atoms.